The maximum atomic E-state index is 12.1. The summed E-state index contributed by atoms with van der Waals surface area (Å²) >= 11 is 0.753. The van der Waals surface area contributed by atoms with Crippen LogP contribution in [-0.2, 0) is 9.59 Å². The van der Waals surface area contributed by atoms with Gasteiger partial charge >= 0.3 is 11.0 Å². The Bertz CT molecular complexity index is 544. The molecule has 2 rings (SSSR count). The van der Waals surface area contributed by atoms with Gasteiger partial charge < -0.3 is 10.4 Å². The summed E-state index contributed by atoms with van der Waals surface area (Å²) in [6.45, 7) is 0. The van der Waals surface area contributed by atoms with Gasteiger partial charge in [-0.05, 0) is 24.2 Å². The van der Waals surface area contributed by atoms with E-state index in [0.717, 1.165) is 30.4 Å². The fourth-order valence-corrected chi connectivity index (χ4v) is 2.98. The van der Waals surface area contributed by atoms with E-state index in [0.29, 0.717) is 12.8 Å². The van der Waals surface area contributed by atoms with E-state index in [1.54, 1.807) is 0 Å². The highest BCUT2D eigenvalue weighted by Crippen LogP contribution is 2.32. The van der Waals surface area contributed by atoms with Crippen LogP contribution in [-0.4, -0.2) is 26.9 Å². The molecule has 2 unspecified atom stereocenters. The number of nitrogens with zero attached hydrogens (tertiary/aromatic N) is 2. The fourth-order valence-electron chi connectivity index (χ4n) is 2.35. The second-order valence-electron chi connectivity index (χ2n) is 4.59. The van der Waals surface area contributed by atoms with E-state index in [1.165, 1.54) is 0 Å². The van der Waals surface area contributed by atoms with Gasteiger partial charge in [0.2, 0.25) is 5.91 Å². The third-order valence-electron chi connectivity index (χ3n) is 3.32. The minimum Gasteiger partial charge on any atom is -0.481 e. The predicted molar refractivity (Wildman–Crippen MR) is 70.5 cm³/mol. The first-order valence-electron chi connectivity index (χ1n) is 6.13. The van der Waals surface area contributed by atoms with Gasteiger partial charge in [-0.2, -0.15) is 0 Å². The van der Waals surface area contributed by atoms with E-state index in [4.69, 9.17) is 5.11 Å². The van der Waals surface area contributed by atoms with E-state index in [-0.39, 0.29) is 10.1 Å². The summed E-state index contributed by atoms with van der Waals surface area (Å²) in [6.07, 6.45) is 3.65. The molecule has 2 atom stereocenters. The zero-order valence-electron chi connectivity index (χ0n) is 10.4. The number of amides is 1. The van der Waals surface area contributed by atoms with E-state index in [2.05, 4.69) is 10.3 Å². The first kappa shape index (κ1) is 14.4. The molecule has 108 valence electrons. The number of aliphatic carboxylic acids is 1. The number of hydrogen-bond acceptors (Lipinski definition) is 6. The standard InChI is InChI=1S/C11H13N3O5S/c15-9(6-3-1-2-4-7(6)10(16)17)13-11-12-5-8(20-11)14(18)19/h5-7H,1-4H2,(H,16,17)(H,12,13,15). The van der Waals surface area contributed by atoms with Crippen molar-refractivity contribution in [1.29, 1.82) is 0 Å². The van der Waals surface area contributed by atoms with Crippen molar-refractivity contribution >= 4 is 33.3 Å². The van der Waals surface area contributed by atoms with Crippen LogP contribution in [0.1, 0.15) is 25.7 Å². The van der Waals surface area contributed by atoms with Crippen molar-refractivity contribution in [2.45, 2.75) is 25.7 Å². The molecule has 1 fully saturated rings. The fraction of sp³-hybridized carbons (Fsp3) is 0.545. The Labute approximate surface area is 118 Å². The van der Waals surface area contributed by atoms with Gasteiger partial charge in [-0.15, -0.1) is 0 Å². The molecule has 2 N–H and O–H groups in total. The molecular weight excluding hydrogens is 286 g/mol. The van der Waals surface area contributed by atoms with Crippen LogP contribution in [0, 0.1) is 22.0 Å². The highest BCUT2D eigenvalue weighted by atomic mass is 32.1. The van der Waals surface area contributed by atoms with E-state index in [1.807, 2.05) is 0 Å². The van der Waals surface area contributed by atoms with Crippen molar-refractivity contribution in [3.05, 3.63) is 16.3 Å². The number of nitro groups is 1. The summed E-state index contributed by atoms with van der Waals surface area (Å²) in [5, 5.41) is 22.1. The molecule has 1 aliphatic carbocycles. The lowest BCUT2D eigenvalue weighted by Crippen LogP contribution is -2.36. The Morgan fingerprint density at radius 3 is 2.60 bits per heavy atom. The number of thiazole rings is 1. The molecule has 1 amide bonds. The van der Waals surface area contributed by atoms with Crippen LogP contribution >= 0.6 is 11.3 Å². The van der Waals surface area contributed by atoms with Crippen LogP contribution < -0.4 is 5.32 Å². The molecule has 1 heterocycles. The molecule has 1 saturated carbocycles. The maximum absolute atomic E-state index is 12.1. The lowest BCUT2D eigenvalue weighted by Gasteiger charge is -2.26. The molecule has 1 aromatic heterocycles. The van der Waals surface area contributed by atoms with Crippen molar-refractivity contribution in [1.82, 2.24) is 4.98 Å². The average Bonchev–Trinajstić information content (AvgIpc) is 2.87. The summed E-state index contributed by atoms with van der Waals surface area (Å²) < 4.78 is 0. The van der Waals surface area contributed by atoms with Gasteiger partial charge in [0, 0.05) is 0 Å². The first-order valence-corrected chi connectivity index (χ1v) is 6.94. The number of carbonyl (C=O) groups excluding carboxylic acids is 1. The number of anilines is 1. The van der Waals surface area contributed by atoms with Gasteiger partial charge in [0.25, 0.3) is 0 Å². The molecule has 20 heavy (non-hydrogen) atoms. The van der Waals surface area contributed by atoms with Gasteiger partial charge in [0.1, 0.15) is 6.20 Å². The molecule has 1 aromatic rings. The second-order valence-corrected chi connectivity index (χ2v) is 5.59. The predicted octanol–water partition coefficient (Wildman–Crippen LogP) is 1.88. The number of aromatic nitrogens is 1. The van der Waals surface area contributed by atoms with Crippen molar-refractivity contribution in [3.8, 4) is 0 Å². The Kier molecular flexibility index (Phi) is 4.28. The van der Waals surface area contributed by atoms with Crippen LogP contribution in [0.15, 0.2) is 6.20 Å². The smallest absolute Gasteiger partial charge is 0.345 e. The van der Waals surface area contributed by atoms with Crippen LogP contribution in [0.5, 0.6) is 0 Å². The highest BCUT2D eigenvalue weighted by Gasteiger charge is 2.36. The Morgan fingerprint density at radius 1 is 1.40 bits per heavy atom. The van der Waals surface area contributed by atoms with Gasteiger partial charge in [0.05, 0.1) is 16.8 Å². The van der Waals surface area contributed by atoms with Gasteiger partial charge in [-0.1, -0.05) is 12.8 Å². The van der Waals surface area contributed by atoms with E-state index in [9.17, 15) is 19.7 Å². The molecule has 0 radical (unpaired) electrons. The van der Waals surface area contributed by atoms with Crippen molar-refractivity contribution < 1.29 is 19.6 Å². The van der Waals surface area contributed by atoms with Gasteiger partial charge in [-0.25, -0.2) is 4.98 Å². The van der Waals surface area contributed by atoms with Crippen LogP contribution in [0.25, 0.3) is 0 Å². The maximum Gasteiger partial charge on any atom is 0.345 e. The Balaban J connectivity index is 2.05. The Morgan fingerprint density at radius 2 is 2.05 bits per heavy atom. The van der Waals surface area contributed by atoms with Crippen LogP contribution in [0.3, 0.4) is 0 Å². The number of carbonyl (C=O) groups is 2. The zero-order valence-corrected chi connectivity index (χ0v) is 11.3. The zero-order chi connectivity index (χ0) is 14.7. The van der Waals surface area contributed by atoms with Gasteiger partial charge in [0.15, 0.2) is 5.13 Å². The number of rotatable bonds is 4. The monoisotopic (exact) mass is 299 g/mol. The van der Waals surface area contributed by atoms with Crippen LogP contribution in [0.2, 0.25) is 0 Å². The van der Waals surface area contributed by atoms with Crippen molar-refractivity contribution in [2.24, 2.45) is 11.8 Å². The number of hydrogen-bond donors (Lipinski definition) is 2. The normalized spacial score (nSPS) is 22.2. The molecule has 0 saturated heterocycles. The molecule has 0 bridgehead atoms. The molecule has 0 spiro atoms. The lowest BCUT2D eigenvalue weighted by atomic mass is 9.79. The second kappa shape index (κ2) is 5.95. The topological polar surface area (TPSA) is 122 Å². The minimum atomic E-state index is -0.977. The summed E-state index contributed by atoms with van der Waals surface area (Å²) in [4.78, 5) is 36.9. The van der Waals surface area contributed by atoms with Crippen molar-refractivity contribution in [3.63, 3.8) is 0 Å². The van der Waals surface area contributed by atoms with Crippen molar-refractivity contribution in [2.75, 3.05) is 5.32 Å². The molecule has 0 aromatic carbocycles. The van der Waals surface area contributed by atoms with E-state index < -0.39 is 28.6 Å². The summed E-state index contributed by atoms with van der Waals surface area (Å²) in [5.41, 5.74) is 0. The summed E-state index contributed by atoms with van der Waals surface area (Å²) in [7, 11) is 0. The summed E-state index contributed by atoms with van der Waals surface area (Å²) in [5.74, 6) is -2.71. The lowest BCUT2D eigenvalue weighted by molar-refractivity contribution is -0.380. The third-order valence-corrected chi connectivity index (χ3v) is 4.19. The quantitative estimate of drug-likeness (QED) is 0.646. The molecule has 9 heteroatoms. The summed E-state index contributed by atoms with van der Waals surface area (Å²) in [6, 6.07) is 0. The third kappa shape index (κ3) is 3.10. The molecular formula is C11H13N3O5S. The highest BCUT2D eigenvalue weighted by molar-refractivity contribution is 7.18. The molecule has 8 nitrogen and oxygen atoms in total. The number of nitrogens with one attached hydrogen (secondary N) is 1. The van der Waals surface area contributed by atoms with Gasteiger partial charge in [-0.3, -0.25) is 19.7 Å². The average molecular weight is 299 g/mol. The first-order chi connectivity index (χ1) is 9.49. The minimum absolute atomic E-state index is 0.122. The van der Waals surface area contributed by atoms with Crippen LogP contribution in [0.4, 0.5) is 10.1 Å². The number of carboxylic acids is 1. The Hall–Kier alpha value is -2.03. The SMILES string of the molecule is O=C(O)C1CCCCC1C(=O)Nc1ncc([N+](=O)[O-])s1. The molecule has 0 aliphatic heterocycles. The largest absolute Gasteiger partial charge is 0.481 e. The van der Waals surface area contributed by atoms with E-state index >= 15 is 0 Å². The number of carboxylic acid groups (broad SMARTS) is 1. The molecule has 1 aliphatic rings.